The van der Waals surface area contributed by atoms with Crippen LogP contribution in [-0.4, -0.2) is 24.2 Å². The summed E-state index contributed by atoms with van der Waals surface area (Å²) >= 11 is 5.78. The molecule has 90 valence electrons. The van der Waals surface area contributed by atoms with E-state index < -0.39 is 5.69 Å². The minimum atomic E-state index is -0.430. The fourth-order valence-corrected chi connectivity index (χ4v) is 1.85. The molecule has 6 heteroatoms. The molecule has 0 amide bonds. The molecule has 2 rings (SSSR count). The van der Waals surface area contributed by atoms with Crippen molar-refractivity contribution in [2.24, 2.45) is 0 Å². The van der Waals surface area contributed by atoms with E-state index in [4.69, 9.17) is 21.1 Å². The van der Waals surface area contributed by atoms with Crippen LogP contribution in [0.2, 0.25) is 0 Å². The largest absolute Gasteiger partial charge is 0.493 e. The van der Waals surface area contributed by atoms with Gasteiger partial charge in [0.25, 0.3) is 0 Å². The highest BCUT2D eigenvalue weighted by molar-refractivity contribution is 6.17. The number of alkyl halides is 1. The minimum Gasteiger partial charge on any atom is -0.493 e. The van der Waals surface area contributed by atoms with Crippen molar-refractivity contribution in [3.05, 3.63) is 28.3 Å². The van der Waals surface area contributed by atoms with Gasteiger partial charge in [0.2, 0.25) is 0 Å². The quantitative estimate of drug-likeness (QED) is 0.847. The molecule has 17 heavy (non-hydrogen) atoms. The number of aromatic nitrogens is 2. The SMILES string of the molecule is COc1cc2nc(=O)[nH]c(CCl)c2cc1OC. The highest BCUT2D eigenvalue weighted by Gasteiger charge is 2.10. The van der Waals surface area contributed by atoms with Gasteiger partial charge in [0.1, 0.15) is 0 Å². The number of rotatable bonds is 3. The van der Waals surface area contributed by atoms with E-state index in [2.05, 4.69) is 9.97 Å². The third-order valence-corrected chi connectivity index (χ3v) is 2.71. The number of hydrogen-bond acceptors (Lipinski definition) is 4. The molecule has 0 aliphatic carbocycles. The number of nitrogens with one attached hydrogen (secondary N) is 1. The Morgan fingerprint density at radius 3 is 2.53 bits per heavy atom. The van der Waals surface area contributed by atoms with Crippen LogP contribution in [0.5, 0.6) is 11.5 Å². The molecule has 0 radical (unpaired) electrons. The number of methoxy groups -OCH3 is 2. The molecular weight excluding hydrogens is 244 g/mol. The Balaban J connectivity index is 2.82. The van der Waals surface area contributed by atoms with Gasteiger partial charge in [-0.25, -0.2) is 4.79 Å². The maximum Gasteiger partial charge on any atom is 0.345 e. The molecule has 1 N–H and O–H groups in total. The van der Waals surface area contributed by atoms with Gasteiger partial charge in [-0.05, 0) is 6.07 Å². The Labute approximate surface area is 102 Å². The lowest BCUT2D eigenvalue weighted by Gasteiger charge is -2.09. The van der Waals surface area contributed by atoms with Crippen molar-refractivity contribution in [3.8, 4) is 11.5 Å². The molecule has 0 bridgehead atoms. The van der Waals surface area contributed by atoms with Crippen LogP contribution in [0.15, 0.2) is 16.9 Å². The van der Waals surface area contributed by atoms with Gasteiger partial charge in [-0.1, -0.05) is 0 Å². The van der Waals surface area contributed by atoms with Crippen molar-refractivity contribution < 1.29 is 9.47 Å². The van der Waals surface area contributed by atoms with E-state index in [-0.39, 0.29) is 5.88 Å². The number of aromatic amines is 1. The summed E-state index contributed by atoms with van der Waals surface area (Å²) in [7, 11) is 3.07. The number of H-pyrrole nitrogens is 1. The van der Waals surface area contributed by atoms with Gasteiger partial charge in [0.15, 0.2) is 11.5 Å². The number of nitrogens with zero attached hydrogens (tertiary/aromatic N) is 1. The van der Waals surface area contributed by atoms with Crippen LogP contribution >= 0.6 is 11.6 Å². The highest BCUT2D eigenvalue weighted by atomic mass is 35.5. The van der Waals surface area contributed by atoms with Crippen LogP contribution in [0.4, 0.5) is 0 Å². The van der Waals surface area contributed by atoms with Gasteiger partial charge in [-0.3, -0.25) is 0 Å². The Morgan fingerprint density at radius 1 is 1.29 bits per heavy atom. The van der Waals surface area contributed by atoms with Crippen molar-refractivity contribution in [1.29, 1.82) is 0 Å². The number of hydrogen-bond donors (Lipinski definition) is 1. The first kappa shape index (κ1) is 11.7. The molecule has 1 heterocycles. The normalized spacial score (nSPS) is 10.5. The minimum absolute atomic E-state index is 0.198. The van der Waals surface area contributed by atoms with Gasteiger partial charge in [0.05, 0.1) is 25.6 Å². The molecule has 0 atom stereocenters. The fraction of sp³-hybridized carbons (Fsp3) is 0.273. The lowest BCUT2D eigenvalue weighted by atomic mass is 10.2. The summed E-state index contributed by atoms with van der Waals surface area (Å²) in [4.78, 5) is 17.8. The fourth-order valence-electron chi connectivity index (χ4n) is 1.64. The van der Waals surface area contributed by atoms with E-state index in [1.807, 2.05) is 0 Å². The van der Waals surface area contributed by atoms with Crippen molar-refractivity contribution in [1.82, 2.24) is 9.97 Å². The number of benzene rings is 1. The predicted molar refractivity (Wildman–Crippen MR) is 65.0 cm³/mol. The summed E-state index contributed by atoms with van der Waals surface area (Å²) < 4.78 is 10.3. The van der Waals surface area contributed by atoms with Crippen LogP contribution in [0.3, 0.4) is 0 Å². The molecule has 0 unspecified atom stereocenters. The van der Waals surface area contributed by atoms with Crippen molar-refractivity contribution in [2.45, 2.75) is 5.88 Å². The van der Waals surface area contributed by atoms with Crippen LogP contribution < -0.4 is 15.2 Å². The first-order chi connectivity index (χ1) is 8.19. The maximum atomic E-state index is 11.3. The van der Waals surface area contributed by atoms with Crippen LogP contribution in [0.25, 0.3) is 10.9 Å². The first-order valence-corrected chi connectivity index (χ1v) is 5.44. The zero-order valence-electron chi connectivity index (χ0n) is 9.41. The summed E-state index contributed by atoms with van der Waals surface area (Å²) in [5, 5.41) is 0.747. The molecule has 0 aliphatic heterocycles. The van der Waals surface area contributed by atoms with Crippen LogP contribution in [-0.2, 0) is 5.88 Å². The molecule has 0 saturated carbocycles. The van der Waals surface area contributed by atoms with E-state index >= 15 is 0 Å². The average Bonchev–Trinajstić information content (AvgIpc) is 2.35. The topological polar surface area (TPSA) is 64.2 Å². The summed E-state index contributed by atoms with van der Waals surface area (Å²) in [6.07, 6.45) is 0. The van der Waals surface area contributed by atoms with Crippen molar-refractivity contribution in [3.63, 3.8) is 0 Å². The first-order valence-electron chi connectivity index (χ1n) is 4.90. The van der Waals surface area contributed by atoms with Crippen molar-refractivity contribution >= 4 is 22.5 Å². The van der Waals surface area contributed by atoms with Gasteiger partial charge in [-0.2, -0.15) is 4.98 Å². The summed E-state index contributed by atoms with van der Waals surface area (Å²) in [6.45, 7) is 0. The third-order valence-electron chi connectivity index (χ3n) is 2.44. The molecule has 1 aromatic heterocycles. The van der Waals surface area contributed by atoms with Crippen molar-refractivity contribution in [2.75, 3.05) is 14.2 Å². The smallest absolute Gasteiger partial charge is 0.345 e. The molecule has 5 nitrogen and oxygen atoms in total. The molecule has 0 fully saturated rings. The summed E-state index contributed by atoms with van der Waals surface area (Å²) in [5.74, 6) is 1.29. The second kappa shape index (κ2) is 4.63. The van der Waals surface area contributed by atoms with Crippen LogP contribution in [0.1, 0.15) is 5.69 Å². The molecule has 2 aromatic rings. The van der Waals surface area contributed by atoms with Gasteiger partial charge in [0, 0.05) is 17.1 Å². The van der Waals surface area contributed by atoms with Gasteiger partial charge in [-0.15, -0.1) is 11.6 Å². The number of ether oxygens (including phenoxy) is 2. The Morgan fingerprint density at radius 2 is 1.94 bits per heavy atom. The molecule has 0 spiro atoms. The Hall–Kier alpha value is -1.75. The zero-order valence-corrected chi connectivity index (χ0v) is 10.2. The molecule has 0 saturated heterocycles. The Bertz CT molecular complexity index is 609. The summed E-state index contributed by atoms with van der Waals surface area (Å²) in [5.41, 5.74) is 0.713. The molecule has 1 aromatic carbocycles. The van der Waals surface area contributed by atoms with Gasteiger partial charge >= 0.3 is 5.69 Å². The molecular formula is C11H11ClN2O3. The summed E-state index contributed by atoms with van der Waals surface area (Å²) in [6, 6.07) is 3.40. The lowest BCUT2D eigenvalue weighted by Crippen LogP contribution is -2.12. The monoisotopic (exact) mass is 254 g/mol. The highest BCUT2D eigenvalue weighted by Crippen LogP contribution is 2.31. The standard InChI is InChI=1S/C11H11ClN2O3/c1-16-9-3-6-7(4-10(9)17-2)13-11(15)14-8(6)5-12/h3-4H,5H2,1-2H3,(H,13,14,15). The second-order valence-electron chi connectivity index (χ2n) is 3.38. The third kappa shape index (κ3) is 2.06. The lowest BCUT2D eigenvalue weighted by molar-refractivity contribution is 0.355. The predicted octanol–water partition coefficient (Wildman–Crippen LogP) is 1.68. The second-order valence-corrected chi connectivity index (χ2v) is 3.65. The maximum absolute atomic E-state index is 11.3. The van der Waals surface area contributed by atoms with E-state index in [0.717, 1.165) is 5.39 Å². The van der Waals surface area contributed by atoms with E-state index in [9.17, 15) is 4.79 Å². The van der Waals surface area contributed by atoms with Crippen LogP contribution in [0, 0.1) is 0 Å². The van der Waals surface area contributed by atoms with Gasteiger partial charge < -0.3 is 14.5 Å². The average molecular weight is 255 g/mol. The zero-order chi connectivity index (χ0) is 12.4. The number of fused-ring (bicyclic) bond motifs is 1. The Kier molecular flexibility index (Phi) is 3.19. The number of halogens is 1. The van der Waals surface area contributed by atoms with E-state index in [1.165, 1.54) is 7.11 Å². The molecule has 0 aliphatic rings. The van der Waals surface area contributed by atoms with E-state index in [0.29, 0.717) is 22.7 Å². The van der Waals surface area contributed by atoms with E-state index in [1.54, 1.807) is 19.2 Å².